The van der Waals surface area contributed by atoms with Crippen LogP contribution in [0, 0.1) is 5.41 Å². The lowest BCUT2D eigenvalue weighted by molar-refractivity contribution is -0.164. The number of amides is 1. The van der Waals surface area contributed by atoms with E-state index in [1.54, 1.807) is 27.9 Å². The Hall–Kier alpha value is -4.83. The standard InChI is InChI=1S/C31H37ClN8O3.C5H8F3N.CH3F/c1-7-39(35-19-34-5)26-16-22(10-13-24(26)32)27(17-43-20-41)40-28(42)31(36-29(40)33,18-30(2,3)4)23-11-8-21(9-12-23)25-14-15-38(6)37-25;1-9-4(2-3-4)5(6,7)8;1-2/h8-16,19-20,27H,5,7,17-18H2,1-4,6H3,(H2,33,36);9H,2-3H2,1H3;1H3/b35-19-;;/t27?,31-;;/m1../s1. The number of ether oxygens (including phenoxy) is 1. The zero-order valence-corrected chi connectivity index (χ0v) is 32.2. The Morgan fingerprint density at radius 2 is 1.80 bits per heavy atom. The van der Waals surface area contributed by atoms with Gasteiger partial charge >= 0.3 is 6.18 Å². The van der Waals surface area contributed by atoms with Gasteiger partial charge in [-0.1, -0.05) is 62.7 Å². The number of aryl methyl sites for hydroxylation is 1. The summed E-state index contributed by atoms with van der Waals surface area (Å²) in [5, 5.41) is 13.1. The van der Waals surface area contributed by atoms with Gasteiger partial charge in [0.05, 0.1) is 29.6 Å². The van der Waals surface area contributed by atoms with Gasteiger partial charge in [-0.3, -0.25) is 33.6 Å². The topological polar surface area (TPSA) is 143 Å². The van der Waals surface area contributed by atoms with E-state index in [0.717, 1.165) is 11.3 Å². The van der Waals surface area contributed by atoms with E-state index >= 15 is 0 Å². The smallest absolute Gasteiger partial charge is 0.406 e. The number of guanidine groups is 1. The van der Waals surface area contributed by atoms with Crippen molar-refractivity contribution in [3.8, 4) is 11.3 Å². The van der Waals surface area contributed by atoms with Gasteiger partial charge < -0.3 is 15.8 Å². The Labute approximate surface area is 318 Å². The molecule has 1 unspecified atom stereocenters. The van der Waals surface area contributed by atoms with Gasteiger partial charge in [-0.2, -0.15) is 23.4 Å². The van der Waals surface area contributed by atoms with Gasteiger partial charge in [0.15, 0.2) is 11.5 Å². The number of carbonyl (C=O) groups excluding carboxylic acids is 2. The molecule has 0 radical (unpaired) electrons. The summed E-state index contributed by atoms with van der Waals surface area (Å²) in [5.74, 6) is -0.289. The number of alkyl halides is 4. The highest BCUT2D eigenvalue weighted by Gasteiger charge is 2.62. The van der Waals surface area contributed by atoms with Crippen LogP contribution in [0.15, 0.2) is 69.8 Å². The molecule has 17 heteroatoms. The molecule has 1 amide bonds. The summed E-state index contributed by atoms with van der Waals surface area (Å²) in [6, 6.07) is 14.1. The van der Waals surface area contributed by atoms with Crippen LogP contribution in [0.3, 0.4) is 0 Å². The lowest BCUT2D eigenvalue weighted by Crippen LogP contribution is -2.47. The molecule has 1 saturated carbocycles. The maximum absolute atomic E-state index is 14.6. The normalized spacial score (nSPS) is 18.2. The van der Waals surface area contributed by atoms with Crippen molar-refractivity contribution in [3.05, 3.63) is 70.9 Å². The van der Waals surface area contributed by atoms with Crippen molar-refractivity contribution in [2.24, 2.45) is 33.3 Å². The highest BCUT2D eigenvalue weighted by molar-refractivity contribution is 6.33. The van der Waals surface area contributed by atoms with Crippen LogP contribution < -0.4 is 16.1 Å². The van der Waals surface area contributed by atoms with E-state index in [9.17, 15) is 27.2 Å². The van der Waals surface area contributed by atoms with Gasteiger partial charge in [0.25, 0.3) is 12.4 Å². The van der Waals surface area contributed by atoms with Crippen molar-refractivity contribution in [1.82, 2.24) is 20.0 Å². The number of halogens is 5. The number of benzene rings is 2. The van der Waals surface area contributed by atoms with Crippen molar-refractivity contribution in [3.63, 3.8) is 0 Å². The Kier molecular flexibility index (Phi) is 14.5. The largest absolute Gasteiger partial charge is 0.465 e. The third kappa shape index (κ3) is 9.82. The molecule has 5 rings (SSSR count). The number of aliphatic imine (C=N–C) groups is 2. The third-order valence-electron chi connectivity index (χ3n) is 8.89. The van der Waals surface area contributed by atoms with E-state index in [0.29, 0.717) is 48.5 Å². The highest BCUT2D eigenvalue weighted by atomic mass is 35.5. The Morgan fingerprint density at radius 3 is 2.26 bits per heavy atom. The number of aromatic nitrogens is 2. The molecule has 1 aliphatic carbocycles. The predicted octanol–water partition coefficient (Wildman–Crippen LogP) is 6.80. The maximum Gasteiger partial charge on any atom is 0.406 e. The minimum Gasteiger partial charge on any atom is -0.465 e. The van der Waals surface area contributed by atoms with Gasteiger partial charge in [-0.25, -0.2) is 4.99 Å². The summed E-state index contributed by atoms with van der Waals surface area (Å²) >= 11 is 6.55. The monoisotopic (exact) mass is 777 g/mol. The van der Waals surface area contributed by atoms with E-state index in [-0.39, 0.29) is 36.7 Å². The average Bonchev–Trinajstić information content (AvgIpc) is 3.78. The lowest BCUT2D eigenvalue weighted by atomic mass is 9.75. The summed E-state index contributed by atoms with van der Waals surface area (Å²) in [6.07, 6.45) is -0.0192. The summed E-state index contributed by atoms with van der Waals surface area (Å²) < 4.78 is 52.0. The zero-order valence-electron chi connectivity index (χ0n) is 31.5. The fourth-order valence-corrected chi connectivity index (χ4v) is 6.37. The van der Waals surface area contributed by atoms with E-state index in [1.165, 1.54) is 18.3 Å². The predicted molar refractivity (Wildman–Crippen MR) is 204 cm³/mol. The van der Waals surface area contributed by atoms with Crippen molar-refractivity contribution in [2.45, 2.75) is 70.3 Å². The number of nitrogens with one attached hydrogen (secondary N) is 1. The molecule has 1 aromatic heterocycles. The van der Waals surface area contributed by atoms with Gasteiger partial charge in [0.2, 0.25) is 0 Å². The molecule has 12 nitrogen and oxygen atoms in total. The van der Waals surface area contributed by atoms with Gasteiger partial charge in [0, 0.05) is 25.4 Å². The SMILES string of the molecule is C=N/C=N\N(CC)c1cc(C(COC=O)N2C(=O)[C@@](CC(C)(C)C)(c3ccc(-c4ccn(C)n4)cc3)N=C2N)ccc1Cl.CF.CNC1(C(F)(F)F)CC1. The Morgan fingerprint density at radius 1 is 1.15 bits per heavy atom. The summed E-state index contributed by atoms with van der Waals surface area (Å²) in [6.45, 7) is 12.2. The van der Waals surface area contributed by atoms with E-state index in [2.05, 4.69) is 48.0 Å². The van der Waals surface area contributed by atoms with Gasteiger partial charge in [0.1, 0.15) is 18.5 Å². The molecule has 1 aliphatic heterocycles. The molecule has 2 aromatic carbocycles. The van der Waals surface area contributed by atoms with Crippen LogP contribution in [0.4, 0.5) is 23.2 Å². The molecule has 2 heterocycles. The second-order valence-electron chi connectivity index (χ2n) is 13.8. The number of nitrogens with two attached hydrogens (primary N) is 1. The average molecular weight is 778 g/mol. The lowest BCUT2D eigenvalue weighted by Gasteiger charge is -2.35. The van der Waals surface area contributed by atoms with Crippen LogP contribution in [-0.4, -0.2) is 85.2 Å². The number of nitrogens with zero attached hydrogens (tertiary/aromatic N) is 7. The van der Waals surface area contributed by atoms with Crippen molar-refractivity contribution in [2.75, 3.05) is 32.4 Å². The Bertz CT molecular complexity index is 1800. The van der Waals surface area contributed by atoms with E-state index in [4.69, 9.17) is 27.1 Å². The second-order valence-corrected chi connectivity index (χ2v) is 14.2. The molecule has 0 saturated heterocycles. The molecule has 294 valence electrons. The number of anilines is 1. The first-order valence-corrected chi connectivity index (χ1v) is 17.4. The molecule has 2 atom stereocenters. The molecule has 0 spiro atoms. The van der Waals surface area contributed by atoms with Crippen molar-refractivity contribution in [1.29, 1.82) is 0 Å². The van der Waals surface area contributed by atoms with Crippen LogP contribution in [-0.2, 0) is 26.9 Å². The summed E-state index contributed by atoms with van der Waals surface area (Å²) in [5.41, 5.74) is 7.10. The number of rotatable bonds is 13. The summed E-state index contributed by atoms with van der Waals surface area (Å²) in [7, 11) is 3.71. The molecule has 2 aliphatic rings. The number of hydrazone groups is 1. The first-order valence-electron chi connectivity index (χ1n) is 17.0. The van der Waals surface area contributed by atoms with Crippen LogP contribution in [0.5, 0.6) is 0 Å². The maximum atomic E-state index is 14.6. The molecular formula is C37H48ClF4N9O3. The molecule has 0 bridgehead atoms. The zero-order chi connectivity index (χ0) is 40.5. The minimum absolute atomic E-state index is 0.0280. The fourth-order valence-electron chi connectivity index (χ4n) is 6.16. The molecule has 3 N–H and O–H groups in total. The molecule has 54 heavy (non-hydrogen) atoms. The van der Waals surface area contributed by atoms with Gasteiger partial charge in [-0.15, -0.1) is 0 Å². The van der Waals surface area contributed by atoms with E-state index in [1.807, 2.05) is 50.5 Å². The number of hydrogen-bond donors (Lipinski definition) is 2. The fraction of sp³-hybridized carbons (Fsp3) is 0.459. The second kappa shape index (κ2) is 18.0. The van der Waals surface area contributed by atoms with Crippen molar-refractivity contribution >= 4 is 48.7 Å². The minimum atomic E-state index is -4.05. The quantitative estimate of drug-likeness (QED) is 0.0639. The van der Waals surface area contributed by atoms with Crippen molar-refractivity contribution < 1.29 is 31.9 Å². The number of hydrogen-bond acceptors (Lipinski definition) is 9. The van der Waals surface area contributed by atoms with Crippen LogP contribution in [0.1, 0.15) is 64.1 Å². The van der Waals surface area contributed by atoms with Crippen LogP contribution >= 0.6 is 11.6 Å². The van der Waals surface area contributed by atoms with Gasteiger partial charge in [-0.05, 0) is 74.7 Å². The molecular weight excluding hydrogens is 730 g/mol. The van der Waals surface area contributed by atoms with Crippen LogP contribution in [0.25, 0.3) is 11.3 Å². The molecule has 3 aromatic rings. The van der Waals surface area contributed by atoms with Crippen LogP contribution in [0.2, 0.25) is 5.02 Å². The summed E-state index contributed by atoms with van der Waals surface area (Å²) in [4.78, 5) is 35.9. The third-order valence-corrected chi connectivity index (χ3v) is 9.21. The highest BCUT2D eigenvalue weighted by Crippen LogP contribution is 2.48. The van der Waals surface area contributed by atoms with E-state index < -0.39 is 23.3 Å². The molecule has 1 fully saturated rings. The first kappa shape index (κ1) is 43.6. The number of carbonyl (C=O) groups is 2. The first-order chi connectivity index (χ1) is 25.5. The Balaban J connectivity index is 0.000000616.